The Bertz CT molecular complexity index is 3690. The van der Waals surface area contributed by atoms with Gasteiger partial charge in [0, 0.05) is 67.2 Å². The number of aliphatic hydroxyl groups excluding tert-OH is 12. The molecule has 5 aliphatic rings. The van der Waals surface area contributed by atoms with E-state index in [1.165, 1.54) is 0 Å². The van der Waals surface area contributed by atoms with Crippen molar-refractivity contribution < 1.29 is 89.7 Å². The fourth-order valence-corrected chi connectivity index (χ4v) is 11.6. The van der Waals surface area contributed by atoms with Gasteiger partial charge in [-0.15, -0.1) is 0 Å². The maximum atomic E-state index is 11.0. The van der Waals surface area contributed by atoms with Gasteiger partial charge in [-0.1, -0.05) is 66.7 Å². The van der Waals surface area contributed by atoms with Gasteiger partial charge in [-0.2, -0.15) is 0 Å². The number of fused-ring (bicyclic) bond motifs is 8. The Kier molecular flexibility index (Phi) is 16.2. The topological polar surface area (TPSA) is 358 Å². The highest BCUT2D eigenvalue weighted by Crippen LogP contribution is 2.41. The number of rotatable bonds is 13. The molecule has 0 radical (unpaired) electrons. The fraction of sp³-hybridized carbons (Fsp3) is 0.323. The summed E-state index contributed by atoms with van der Waals surface area (Å²) in [5, 5.41) is 131. The van der Waals surface area contributed by atoms with E-state index in [0.717, 1.165) is 39.1 Å². The van der Waals surface area contributed by atoms with Crippen molar-refractivity contribution in [3.63, 3.8) is 0 Å². The maximum Gasteiger partial charge on any atom is 0.229 e. The zero-order chi connectivity index (χ0) is 58.5. The maximum absolute atomic E-state index is 11.0. The number of aliphatic hydroxyl groups is 12. The summed E-state index contributed by atoms with van der Waals surface area (Å²) < 4.78 is 35.7. The van der Waals surface area contributed by atoms with Gasteiger partial charge in [-0.25, -0.2) is 0 Å². The monoisotopic (exact) mass is 1150 g/mol. The van der Waals surface area contributed by atoms with Crippen LogP contribution in [0.2, 0.25) is 0 Å². The Balaban J connectivity index is 1.04. The summed E-state index contributed by atoms with van der Waals surface area (Å²) in [5.41, 5.74) is 10.0. The van der Waals surface area contributed by atoms with Crippen LogP contribution in [0.5, 0.6) is 17.2 Å². The first-order valence-corrected chi connectivity index (χ1v) is 27.5. The van der Waals surface area contributed by atoms with Gasteiger partial charge in [0.15, 0.2) is 0 Å². The van der Waals surface area contributed by atoms with Crippen LogP contribution in [-0.4, -0.2) is 188 Å². The van der Waals surface area contributed by atoms with E-state index in [0.29, 0.717) is 63.1 Å². The van der Waals surface area contributed by atoms with Crippen LogP contribution in [0.4, 0.5) is 0 Å². The minimum absolute atomic E-state index is 0.223. The van der Waals surface area contributed by atoms with E-state index < -0.39 is 112 Å². The average molecular weight is 1150 g/mol. The van der Waals surface area contributed by atoms with Crippen molar-refractivity contribution in [3.05, 3.63) is 207 Å². The predicted octanol–water partition coefficient (Wildman–Crippen LogP) is -0.383. The van der Waals surface area contributed by atoms with Crippen LogP contribution in [0, 0.1) is 0 Å². The van der Waals surface area contributed by atoms with Gasteiger partial charge in [0.05, 0.1) is 19.8 Å². The van der Waals surface area contributed by atoms with E-state index in [1.807, 2.05) is 84.9 Å². The first-order valence-electron chi connectivity index (χ1n) is 27.5. The second-order valence-electron chi connectivity index (χ2n) is 21.3. The standard InChI is InChI=1S/C62H64N4O18/c67-26-44-51(70)54(73)57(76)60(82-44)79-33-12-4-9-30(23-33)48-38-17-15-36(63-38)47(29-7-2-1-3-8-29)37-16-18-39(64-37)49(31-10-5-13-34(24-31)80-61-58(77)55(74)52(71)45(27-68)83-61)41-20-22-43(66-41)50(42-21-19-40(48)65-42)32-11-6-14-35(25-32)81-62-59(78)56(75)53(72)46(28-69)84-62/h1-19,21,23-25,44-46,51-78H,20,22,26-28H2/t44-,45-,46-,51-,52-,53-,54+,55+,56+,57-,58-,59-,60-,61-,62-/m1/s1. The minimum atomic E-state index is -1.68. The molecule has 0 saturated carbocycles. The van der Waals surface area contributed by atoms with Gasteiger partial charge in [0.25, 0.3) is 0 Å². The smallest absolute Gasteiger partial charge is 0.229 e. The second kappa shape index (κ2) is 23.9. The Morgan fingerprint density at radius 2 is 0.679 bits per heavy atom. The van der Waals surface area contributed by atoms with Crippen molar-refractivity contribution in [3.8, 4) is 17.2 Å². The third-order valence-electron chi connectivity index (χ3n) is 15.9. The molecule has 22 heteroatoms. The number of H-pyrrole nitrogens is 3. The van der Waals surface area contributed by atoms with Crippen LogP contribution in [0.25, 0.3) is 22.3 Å². The summed E-state index contributed by atoms with van der Waals surface area (Å²) in [5.74, 6) is 0.712. The van der Waals surface area contributed by atoms with Crippen LogP contribution >= 0.6 is 0 Å². The summed E-state index contributed by atoms with van der Waals surface area (Å²) in [6, 6.07) is 42.8. The summed E-state index contributed by atoms with van der Waals surface area (Å²) in [7, 11) is 0. The Hall–Kier alpha value is -7.46. The van der Waals surface area contributed by atoms with Crippen molar-refractivity contribution in [2.45, 2.75) is 105 Å². The molecule has 0 unspecified atom stereocenters. The number of benzene rings is 4. The van der Waals surface area contributed by atoms with E-state index >= 15 is 0 Å². The van der Waals surface area contributed by atoms with Crippen LogP contribution in [-0.2, 0) is 14.2 Å². The van der Waals surface area contributed by atoms with Gasteiger partial charge >= 0.3 is 0 Å². The van der Waals surface area contributed by atoms with Crippen LogP contribution in [0.3, 0.4) is 0 Å². The van der Waals surface area contributed by atoms with E-state index in [4.69, 9.17) is 28.4 Å². The molecule has 22 nitrogen and oxygen atoms in total. The first-order chi connectivity index (χ1) is 40.7. The molecule has 440 valence electrons. The molecule has 4 fully saturated rings. The second-order valence-corrected chi connectivity index (χ2v) is 21.3. The predicted molar refractivity (Wildman–Crippen MR) is 298 cm³/mol. The molecule has 0 amide bonds. The largest absolute Gasteiger partial charge is 0.462 e. The summed E-state index contributed by atoms with van der Waals surface area (Å²) in [6.07, 6.45) is -21.8. The lowest BCUT2D eigenvalue weighted by molar-refractivity contribution is -0.277. The number of ether oxygens (including phenoxy) is 6. The molecule has 8 bridgehead atoms. The highest BCUT2D eigenvalue weighted by Gasteiger charge is 2.47. The molecule has 4 aromatic carbocycles. The summed E-state index contributed by atoms with van der Waals surface area (Å²) >= 11 is 0. The molecule has 7 aromatic rings. The molecule has 0 spiro atoms. The molecule has 15 atom stereocenters. The molecule has 84 heavy (non-hydrogen) atoms. The zero-order valence-electron chi connectivity index (χ0n) is 44.8. The van der Waals surface area contributed by atoms with Crippen molar-refractivity contribution >= 4 is 22.3 Å². The van der Waals surface area contributed by atoms with Crippen molar-refractivity contribution in [1.82, 2.24) is 20.3 Å². The Labute approximate surface area is 479 Å². The number of hydrogen-bond acceptors (Lipinski definition) is 19. The van der Waals surface area contributed by atoms with Crippen molar-refractivity contribution in [2.75, 3.05) is 19.8 Å². The van der Waals surface area contributed by atoms with Gasteiger partial charge in [-0.05, 0) is 108 Å². The minimum Gasteiger partial charge on any atom is -0.462 e. The lowest BCUT2D eigenvalue weighted by atomic mass is 9.98. The number of hydrogen-bond donors (Lipinski definition) is 16. The normalized spacial score (nSPS) is 29.9. The van der Waals surface area contributed by atoms with E-state index in [1.54, 1.807) is 54.6 Å². The van der Waals surface area contributed by atoms with Gasteiger partial charge < -0.3 is 110 Å². The number of aromatic nitrogens is 3. The molecule has 12 rings (SSSR count). The highest BCUT2D eigenvalue weighted by atomic mass is 16.7. The summed E-state index contributed by atoms with van der Waals surface area (Å²) in [6.45, 7) is -1.92. The van der Waals surface area contributed by atoms with Crippen LogP contribution in [0.1, 0.15) is 57.9 Å². The highest BCUT2D eigenvalue weighted by molar-refractivity contribution is 5.88. The zero-order valence-corrected chi connectivity index (χ0v) is 44.8. The molecule has 5 aliphatic heterocycles. The van der Waals surface area contributed by atoms with E-state index in [2.05, 4.69) is 20.3 Å². The lowest BCUT2D eigenvalue weighted by Crippen LogP contribution is -2.60. The van der Waals surface area contributed by atoms with Crippen molar-refractivity contribution in [1.29, 1.82) is 0 Å². The Morgan fingerprint density at radius 3 is 1.05 bits per heavy atom. The first kappa shape index (κ1) is 57.0. The number of allylic oxidation sites excluding steroid dienone is 2. The average Bonchev–Trinajstić information content (AvgIpc) is 4.38. The molecule has 3 aromatic heterocycles. The fourth-order valence-electron chi connectivity index (χ4n) is 11.6. The Morgan fingerprint density at radius 1 is 0.345 bits per heavy atom. The third-order valence-corrected chi connectivity index (χ3v) is 15.9. The molecular weight excluding hydrogens is 1090 g/mol. The molecule has 0 aliphatic carbocycles. The quantitative estimate of drug-likeness (QED) is 0.0700. The van der Waals surface area contributed by atoms with Crippen molar-refractivity contribution in [2.24, 2.45) is 0 Å². The molecule has 4 saturated heterocycles. The molecule has 8 heterocycles. The molecule has 16 N–H and O–H groups in total. The van der Waals surface area contributed by atoms with Crippen LogP contribution < -0.4 is 30.2 Å². The summed E-state index contributed by atoms with van der Waals surface area (Å²) in [4.78, 5) is 11.2. The SMILES string of the molecule is OC[C@H]1O[C@@H](Oc2cccc(C3=C4CCC(=C(c5cccc(O[C@@H]6O[C@H](CO)[C@@H](O)[C@H](O)[C@H]6O)c5)c5ccc([nH]5)C(c5cccc(O[C@@H]6O[C@H](CO)[C@@H](O)[C@H](O)[C@H]6O)c5)=c5ccc([nH]5)=C(c5ccccc5)c5ccc3[nH]5)N4)c2)[C@H](O)[C@@H](O)[C@@H]1O. The van der Waals surface area contributed by atoms with Crippen LogP contribution in [0.15, 0.2) is 151 Å². The van der Waals surface area contributed by atoms with Gasteiger partial charge in [0.2, 0.25) is 18.9 Å². The van der Waals surface area contributed by atoms with Gasteiger partial charge in [-0.3, -0.25) is 0 Å². The molecular formula is C62H64N4O18. The number of aromatic amines is 3. The third kappa shape index (κ3) is 10.9. The lowest BCUT2D eigenvalue weighted by Gasteiger charge is -2.39. The van der Waals surface area contributed by atoms with E-state index in [-0.39, 0.29) is 17.2 Å². The number of nitrogens with one attached hydrogen (secondary N) is 4. The van der Waals surface area contributed by atoms with E-state index in [9.17, 15) is 61.3 Å². The van der Waals surface area contributed by atoms with Gasteiger partial charge in [0.1, 0.15) is 90.5 Å².